The summed E-state index contributed by atoms with van der Waals surface area (Å²) in [7, 11) is 3.57. The molecule has 30 heavy (non-hydrogen) atoms. The largest absolute Gasteiger partial charge is 0.329 e. The van der Waals surface area contributed by atoms with Gasteiger partial charge in [0.1, 0.15) is 0 Å². The fourth-order valence-corrected chi connectivity index (χ4v) is 3.26. The highest BCUT2D eigenvalue weighted by Gasteiger charge is 2.11. The topological polar surface area (TPSA) is 73.8 Å². The number of aryl methyl sites for hydroxylation is 2. The number of para-hydroxylation sites is 2. The standard InChI is InChI=1S/C23H27N5O2/c1-5-9-18(22(29)24-21-14-15-26(3)25-21)13-12-17(6-2)16-28-20-11-8-7-10-19(20)27(4)23(28)30/h6-15H,5,16H2,1-4H3,(H,24,25,29)/b13-12-,17-6+,18-9+. The van der Waals surface area contributed by atoms with E-state index in [-0.39, 0.29) is 11.6 Å². The second kappa shape index (κ2) is 9.26. The zero-order valence-corrected chi connectivity index (χ0v) is 17.8. The summed E-state index contributed by atoms with van der Waals surface area (Å²) in [5.41, 5.74) is 3.19. The fraction of sp³-hybridized carbons (Fsp3) is 0.261. The third-order valence-corrected chi connectivity index (χ3v) is 4.88. The third-order valence-electron chi connectivity index (χ3n) is 4.88. The van der Waals surface area contributed by atoms with Gasteiger partial charge in [-0.1, -0.05) is 37.3 Å². The van der Waals surface area contributed by atoms with Crippen molar-refractivity contribution >= 4 is 22.8 Å². The van der Waals surface area contributed by atoms with Gasteiger partial charge in [0.25, 0.3) is 5.91 Å². The first-order valence-electron chi connectivity index (χ1n) is 9.93. The molecule has 0 bridgehead atoms. The normalized spacial score (nSPS) is 12.8. The molecule has 1 N–H and O–H groups in total. The minimum absolute atomic E-state index is 0.0684. The zero-order chi connectivity index (χ0) is 21.7. The summed E-state index contributed by atoms with van der Waals surface area (Å²) in [5, 5.41) is 6.99. The van der Waals surface area contributed by atoms with Crippen LogP contribution in [0.15, 0.2) is 76.8 Å². The molecule has 7 nitrogen and oxygen atoms in total. The van der Waals surface area contributed by atoms with Crippen LogP contribution in [0.1, 0.15) is 20.3 Å². The average molecular weight is 406 g/mol. The maximum atomic E-state index is 12.7. The van der Waals surface area contributed by atoms with Crippen LogP contribution in [-0.4, -0.2) is 24.8 Å². The molecule has 1 amide bonds. The predicted octanol–water partition coefficient (Wildman–Crippen LogP) is 3.55. The molecule has 0 aliphatic rings. The molecule has 7 heteroatoms. The number of carbonyl (C=O) groups excluding carboxylic acids is 1. The van der Waals surface area contributed by atoms with Crippen LogP contribution in [-0.2, 0) is 25.4 Å². The number of nitrogens with one attached hydrogen (secondary N) is 1. The molecule has 0 fully saturated rings. The van der Waals surface area contributed by atoms with Crippen LogP contribution in [0.25, 0.3) is 11.0 Å². The van der Waals surface area contributed by atoms with Crippen LogP contribution in [0.5, 0.6) is 0 Å². The van der Waals surface area contributed by atoms with Gasteiger partial charge in [0.2, 0.25) is 0 Å². The van der Waals surface area contributed by atoms with Gasteiger partial charge in [0.15, 0.2) is 5.82 Å². The third kappa shape index (κ3) is 4.51. The van der Waals surface area contributed by atoms with Crippen molar-refractivity contribution in [1.82, 2.24) is 18.9 Å². The van der Waals surface area contributed by atoms with Crippen molar-refractivity contribution in [3.63, 3.8) is 0 Å². The summed E-state index contributed by atoms with van der Waals surface area (Å²) in [6, 6.07) is 9.46. The smallest absolute Gasteiger partial charge is 0.305 e. The molecule has 156 valence electrons. The second-order valence-electron chi connectivity index (χ2n) is 7.01. The molecule has 2 heterocycles. The molecule has 3 aromatic rings. The lowest BCUT2D eigenvalue weighted by molar-refractivity contribution is -0.112. The molecule has 0 aliphatic carbocycles. The van der Waals surface area contributed by atoms with Gasteiger partial charge >= 0.3 is 5.69 Å². The quantitative estimate of drug-likeness (QED) is 0.483. The first-order chi connectivity index (χ1) is 14.4. The summed E-state index contributed by atoms with van der Waals surface area (Å²) < 4.78 is 5.02. The number of aromatic nitrogens is 4. The highest BCUT2D eigenvalue weighted by molar-refractivity contribution is 6.05. The molecular formula is C23H27N5O2. The number of hydrogen-bond donors (Lipinski definition) is 1. The number of allylic oxidation sites excluding steroid dienone is 4. The van der Waals surface area contributed by atoms with Crippen LogP contribution in [0, 0.1) is 0 Å². The molecular weight excluding hydrogens is 378 g/mol. The molecule has 0 spiro atoms. The molecule has 0 unspecified atom stereocenters. The van der Waals surface area contributed by atoms with Crippen molar-refractivity contribution in [2.24, 2.45) is 14.1 Å². The number of anilines is 1. The molecule has 0 saturated heterocycles. The molecule has 0 saturated carbocycles. The van der Waals surface area contributed by atoms with Gasteiger partial charge in [0.05, 0.1) is 17.6 Å². The number of fused-ring (bicyclic) bond motifs is 1. The number of nitrogens with zero attached hydrogens (tertiary/aromatic N) is 4. The van der Waals surface area contributed by atoms with E-state index in [2.05, 4.69) is 10.4 Å². The Kier molecular flexibility index (Phi) is 6.51. The molecule has 3 rings (SSSR count). The lowest BCUT2D eigenvalue weighted by Crippen LogP contribution is -2.22. The number of rotatable bonds is 7. The summed E-state index contributed by atoms with van der Waals surface area (Å²) >= 11 is 0. The van der Waals surface area contributed by atoms with Gasteiger partial charge in [-0.05, 0) is 37.1 Å². The van der Waals surface area contributed by atoms with E-state index in [1.165, 1.54) is 0 Å². The van der Waals surface area contributed by atoms with Crippen LogP contribution >= 0.6 is 0 Å². The highest BCUT2D eigenvalue weighted by atomic mass is 16.2. The van der Waals surface area contributed by atoms with Crippen LogP contribution in [0.4, 0.5) is 5.82 Å². The maximum absolute atomic E-state index is 12.7. The van der Waals surface area contributed by atoms with E-state index >= 15 is 0 Å². The Hall–Kier alpha value is -3.61. The number of hydrogen-bond acceptors (Lipinski definition) is 3. The van der Waals surface area contributed by atoms with Gasteiger partial charge in [-0.25, -0.2) is 4.79 Å². The van der Waals surface area contributed by atoms with Crippen molar-refractivity contribution < 1.29 is 4.79 Å². The van der Waals surface area contributed by atoms with Crippen molar-refractivity contribution in [3.05, 3.63) is 82.5 Å². The zero-order valence-electron chi connectivity index (χ0n) is 17.8. The van der Waals surface area contributed by atoms with E-state index < -0.39 is 0 Å². The van der Waals surface area contributed by atoms with Crippen molar-refractivity contribution in [1.29, 1.82) is 0 Å². The molecule has 0 atom stereocenters. The van der Waals surface area contributed by atoms with Crippen molar-refractivity contribution in [2.75, 3.05) is 5.32 Å². The summed E-state index contributed by atoms with van der Waals surface area (Å²) in [5.74, 6) is 0.288. The van der Waals surface area contributed by atoms with Gasteiger partial charge in [0, 0.05) is 31.9 Å². The minimum Gasteiger partial charge on any atom is -0.305 e. The summed E-state index contributed by atoms with van der Waals surface area (Å²) in [6.45, 7) is 4.33. The van der Waals surface area contributed by atoms with Gasteiger partial charge in [-0.3, -0.25) is 18.6 Å². The fourth-order valence-electron chi connectivity index (χ4n) is 3.26. The van der Waals surface area contributed by atoms with Crippen molar-refractivity contribution in [2.45, 2.75) is 26.8 Å². The van der Waals surface area contributed by atoms with Crippen molar-refractivity contribution in [3.8, 4) is 0 Å². The SMILES string of the molecule is C\C=C(/C=C\C(=C/CC)C(=O)Nc1ccn(C)n1)Cn1c(=O)n(C)c2ccccc21. The number of amides is 1. The Morgan fingerprint density at radius 1 is 1.13 bits per heavy atom. The van der Waals surface area contributed by atoms with E-state index in [1.807, 2.05) is 56.3 Å². The van der Waals surface area contributed by atoms with E-state index in [0.717, 1.165) is 23.0 Å². The Bertz CT molecular complexity index is 1200. The Labute approximate surface area is 175 Å². The summed E-state index contributed by atoms with van der Waals surface area (Å²) in [6.07, 6.45) is 9.98. The van der Waals surface area contributed by atoms with Crippen LogP contribution in [0.2, 0.25) is 0 Å². The highest BCUT2D eigenvalue weighted by Crippen LogP contribution is 2.15. The van der Waals surface area contributed by atoms with Gasteiger partial charge in [-0.2, -0.15) is 5.10 Å². The number of carbonyl (C=O) groups is 1. The molecule has 2 aromatic heterocycles. The van der Waals surface area contributed by atoms with E-state index in [9.17, 15) is 9.59 Å². The van der Waals surface area contributed by atoms with Gasteiger partial charge < -0.3 is 5.32 Å². The molecule has 0 radical (unpaired) electrons. The Morgan fingerprint density at radius 3 is 2.50 bits per heavy atom. The number of imidazole rings is 1. The Balaban J connectivity index is 1.82. The lowest BCUT2D eigenvalue weighted by atomic mass is 10.1. The van der Waals surface area contributed by atoms with E-state index in [4.69, 9.17) is 0 Å². The minimum atomic E-state index is -0.218. The molecule has 0 aliphatic heterocycles. The average Bonchev–Trinajstić information content (AvgIpc) is 3.25. The monoisotopic (exact) mass is 405 g/mol. The first-order valence-corrected chi connectivity index (χ1v) is 9.93. The summed E-state index contributed by atoms with van der Waals surface area (Å²) in [4.78, 5) is 25.3. The van der Waals surface area contributed by atoms with Crippen LogP contribution < -0.4 is 11.0 Å². The lowest BCUT2D eigenvalue weighted by Gasteiger charge is -2.06. The van der Waals surface area contributed by atoms with E-state index in [1.54, 1.807) is 46.3 Å². The van der Waals surface area contributed by atoms with Crippen LogP contribution in [0.3, 0.4) is 0 Å². The molecule has 1 aromatic carbocycles. The van der Waals surface area contributed by atoms with E-state index in [0.29, 0.717) is 17.9 Å². The maximum Gasteiger partial charge on any atom is 0.329 e. The van der Waals surface area contributed by atoms with Gasteiger partial charge in [-0.15, -0.1) is 0 Å². The second-order valence-corrected chi connectivity index (χ2v) is 7.01. The predicted molar refractivity (Wildman–Crippen MR) is 120 cm³/mol. The number of benzene rings is 1. The first kappa shape index (κ1) is 21.1. The Morgan fingerprint density at radius 2 is 1.87 bits per heavy atom.